The maximum Gasteiger partial charge on any atom is 0.220 e. The van der Waals surface area contributed by atoms with Crippen molar-refractivity contribution in [2.45, 2.75) is 116 Å². The van der Waals surface area contributed by atoms with E-state index in [-0.39, 0.29) is 41.4 Å². The summed E-state index contributed by atoms with van der Waals surface area (Å²) in [6, 6.07) is 0. The van der Waals surface area contributed by atoms with E-state index in [2.05, 4.69) is 33.0 Å². The van der Waals surface area contributed by atoms with Gasteiger partial charge in [0.15, 0.2) is 0 Å². The van der Waals surface area contributed by atoms with E-state index < -0.39 is 15.4 Å². The first kappa shape index (κ1) is 29.3. The minimum absolute atomic E-state index is 0.140. The molecule has 0 aromatic rings. The SMILES string of the molecule is CC[C@H]1[C@@H](O)[C@@H]2[C@H](CC[C@]3(C)[C@@H]([C@H](C)CCC(=O)NC[C@@H](C)S(=O)(=O)[O-])CC[C@@H]23)[C@@]2(C)CC[C@@H](O)C[C@@H]12. The zero-order valence-electron chi connectivity index (χ0n) is 23.5. The molecule has 0 bridgehead atoms. The number of aliphatic hydroxyl groups excluding tert-OH is 2. The van der Waals surface area contributed by atoms with E-state index in [0.717, 1.165) is 57.8 Å². The zero-order chi connectivity index (χ0) is 27.3. The molecular weight excluding hydrogens is 490 g/mol. The van der Waals surface area contributed by atoms with Crippen LogP contribution in [0.4, 0.5) is 0 Å². The molecule has 0 aromatic heterocycles. The molecule has 0 aromatic carbocycles. The minimum atomic E-state index is -4.40. The summed E-state index contributed by atoms with van der Waals surface area (Å²) in [7, 11) is -4.40. The number of carbonyl (C=O) groups is 1. The Morgan fingerprint density at radius 3 is 2.32 bits per heavy atom. The van der Waals surface area contributed by atoms with E-state index in [1.54, 1.807) is 0 Å². The average Bonchev–Trinajstić information content (AvgIpc) is 3.19. The predicted molar refractivity (Wildman–Crippen MR) is 142 cm³/mol. The van der Waals surface area contributed by atoms with E-state index >= 15 is 0 Å². The number of amides is 1. The second-order valence-corrected chi connectivity index (χ2v) is 15.5. The summed E-state index contributed by atoms with van der Waals surface area (Å²) in [5, 5.41) is 23.8. The van der Waals surface area contributed by atoms with Gasteiger partial charge in [0.1, 0.15) is 0 Å². The Bertz CT molecular complexity index is 941. The van der Waals surface area contributed by atoms with Crippen LogP contribution in [0.2, 0.25) is 0 Å². The van der Waals surface area contributed by atoms with Crippen LogP contribution in [0.3, 0.4) is 0 Å². The quantitative estimate of drug-likeness (QED) is 0.398. The molecule has 0 saturated heterocycles. The Morgan fingerprint density at radius 1 is 1.03 bits per heavy atom. The second-order valence-electron chi connectivity index (χ2n) is 13.7. The molecular formula is C29H50NO6S-. The third-order valence-corrected chi connectivity index (χ3v) is 13.2. The molecule has 0 spiro atoms. The van der Waals surface area contributed by atoms with Crippen molar-refractivity contribution in [3.05, 3.63) is 0 Å². The monoisotopic (exact) mass is 540 g/mol. The number of hydrogen-bond donors (Lipinski definition) is 3. The van der Waals surface area contributed by atoms with Crippen molar-refractivity contribution < 1.29 is 28.0 Å². The predicted octanol–water partition coefficient (Wildman–Crippen LogP) is 4.08. The summed E-state index contributed by atoms with van der Waals surface area (Å²) in [6.07, 6.45) is 8.83. The van der Waals surface area contributed by atoms with Crippen molar-refractivity contribution in [2.75, 3.05) is 6.54 Å². The van der Waals surface area contributed by atoms with Crippen molar-refractivity contribution in [2.24, 2.45) is 52.3 Å². The lowest BCUT2D eigenvalue weighted by molar-refractivity contribution is -0.203. The minimum Gasteiger partial charge on any atom is -0.748 e. The third kappa shape index (κ3) is 5.26. The molecule has 4 saturated carbocycles. The maximum atomic E-state index is 12.4. The van der Waals surface area contributed by atoms with E-state index in [9.17, 15) is 28.0 Å². The molecule has 4 rings (SSSR count). The molecule has 1 amide bonds. The molecule has 0 radical (unpaired) electrons. The van der Waals surface area contributed by atoms with Gasteiger partial charge in [-0.1, -0.05) is 34.1 Å². The van der Waals surface area contributed by atoms with Crippen molar-refractivity contribution in [3.63, 3.8) is 0 Å². The lowest BCUT2D eigenvalue weighted by Crippen LogP contribution is -2.62. The fourth-order valence-corrected chi connectivity index (χ4v) is 10.2. The van der Waals surface area contributed by atoms with Crippen LogP contribution in [0.25, 0.3) is 0 Å². The lowest BCUT2D eigenvalue weighted by atomic mass is 9.41. The standard InChI is InChI=1S/C29H51NO6S/c1-6-20-24-15-19(31)11-13-29(24,5)23-12-14-28(4)21(8-9-22(28)26(23)27(20)33)17(2)7-10-25(32)30-16-18(3)37(34,35)36/h17-24,26-27,31,33H,6-16H2,1-5H3,(H,30,32)(H,34,35,36)/p-1/t17-,18-,19-,20-,21-,22+,23+,24+,26+,27-,28-,29-/m1/s1. The number of rotatable bonds is 8. The van der Waals surface area contributed by atoms with Crippen LogP contribution >= 0.6 is 0 Å². The smallest absolute Gasteiger partial charge is 0.220 e. The molecule has 0 heterocycles. The number of hydrogen-bond acceptors (Lipinski definition) is 6. The Morgan fingerprint density at radius 2 is 1.68 bits per heavy atom. The Labute approximate surface area is 224 Å². The Hall–Kier alpha value is -0.700. The van der Waals surface area contributed by atoms with Gasteiger partial charge in [-0.25, -0.2) is 8.42 Å². The number of carbonyl (C=O) groups excluding carboxylic acids is 1. The van der Waals surface area contributed by atoms with Crippen molar-refractivity contribution in [1.29, 1.82) is 0 Å². The van der Waals surface area contributed by atoms with Crippen molar-refractivity contribution in [3.8, 4) is 0 Å². The normalized spacial score (nSPS) is 45.3. The highest BCUT2D eigenvalue weighted by molar-refractivity contribution is 7.86. The molecule has 37 heavy (non-hydrogen) atoms. The summed E-state index contributed by atoms with van der Waals surface area (Å²) in [5.74, 6) is 2.63. The third-order valence-electron chi connectivity index (χ3n) is 12.1. The van der Waals surface area contributed by atoms with Gasteiger partial charge < -0.3 is 20.1 Å². The fraction of sp³-hybridized carbons (Fsp3) is 0.966. The topological polar surface area (TPSA) is 127 Å². The molecule has 4 fully saturated rings. The molecule has 7 nitrogen and oxygen atoms in total. The highest BCUT2D eigenvalue weighted by atomic mass is 32.2. The van der Waals surface area contributed by atoms with Gasteiger partial charge in [-0.05, 0) is 111 Å². The zero-order valence-corrected chi connectivity index (χ0v) is 24.3. The molecule has 4 aliphatic rings. The molecule has 4 aliphatic carbocycles. The first-order valence-corrected chi connectivity index (χ1v) is 16.3. The van der Waals surface area contributed by atoms with E-state index in [0.29, 0.717) is 41.9 Å². The van der Waals surface area contributed by atoms with Gasteiger partial charge in [-0.15, -0.1) is 0 Å². The van der Waals surface area contributed by atoms with Crippen LogP contribution in [-0.2, 0) is 14.9 Å². The number of nitrogens with one attached hydrogen (secondary N) is 1. The van der Waals surface area contributed by atoms with Gasteiger partial charge in [0.2, 0.25) is 5.91 Å². The number of aliphatic hydroxyl groups is 2. The highest BCUT2D eigenvalue weighted by Crippen LogP contribution is 2.69. The summed E-state index contributed by atoms with van der Waals surface area (Å²) in [4.78, 5) is 12.4. The van der Waals surface area contributed by atoms with Gasteiger partial charge in [-0.2, -0.15) is 0 Å². The van der Waals surface area contributed by atoms with Crippen LogP contribution in [0.15, 0.2) is 0 Å². The van der Waals surface area contributed by atoms with Crippen LogP contribution in [0.5, 0.6) is 0 Å². The van der Waals surface area contributed by atoms with Crippen LogP contribution < -0.4 is 5.32 Å². The fourth-order valence-electron chi connectivity index (χ4n) is 9.94. The molecule has 0 aliphatic heterocycles. The van der Waals surface area contributed by atoms with Crippen molar-refractivity contribution >= 4 is 16.0 Å². The van der Waals surface area contributed by atoms with E-state index in [1.807, 2.05) is 0 Å². The average molecular weight is 541 g/mol. The second kappa shape index (κ2) is 10.7. The molecule has 12 atom stereocenters. The summed E-state index contributed by atoms with van der Waals surface area (Å²) < 4.78 is 33.3. The van der Waals surface area contributed by atoms with Crippen LogP contribution in [0.1, 0.15) is 98.8 Å². The van der Waals surface area contributed by atoms with E-state index in [4.69, 9.17) is 0 Å². The van der Waals surface area contributed by atoms with Crippen LogP contribution in [0, 0.1) is 52.3 Å². The van der Waals surface area contributed by atoms with Crippen molar-refractivity contribution in [1.82, 2.24) is 5.32 Å². The van der Waals surface area contributed by atoms with Gasteiger partial charge in [0.05, 0.1) is 27.6 Å². The Balaban J connectivity index is 1.44. The maximum absolute atomic E-state index is 12.4. The summed E-state index contributed by atoms with van der Waals surface area (Å²) in [5.41, 5.74) is 0.348. The molecule has 8 heteroatoms. The van der Waals surface area contributed by atoms with Gasteiger partial charge in [-0.3, -0.25) is 4.79 Å². The Kier molecular flexibility index (Phi) is 8.47. The first-order valence-electron chi connectivity index (χ1n) is 14.8. The molecule has 0 unspecified atom stereocenters. The summed E-state index contributed by atoms with van der Waals surface area (Å²) >= 11 is 0. The summed E-state index contributed by atoms with van der Waals surface area (Å²) in [6.45, 7) is 10.5. The molecule has 3 N–H and O–H groups in total. The van der Waals surface area contributed by atoms with Gasteiger partial charge in [0, 0.05) is 13.0 Å². The lowest BCUT2D eigenvalue weighted by Gasteiger charge is -2.64. The van der Waals surface area contributed by atoms with Gasteiger partial charge in [0.25, 0.3) is 0 Å². The van der Waals surface area contributed by atoms with Gasteiger partial charge >= 0.3 is 0 Å². The highest BCUT2D eigenvalue weighted by Gasteiger charge is 2.64. The molecule has 214 valence electrons. The number of fused-ring (bicyclic) bond motifs is 5. The van der Waals surface area contributed by atoms with E-state index in [1.165, 1.54) is 6.92 Å². The van der Waals surface area contributed by atoms with Crippen LogP contribution in [-0.4, -0.2) is 53.1 Å². The first-order chi connectivity index (χ1) is 17.2. The largest absolute Gasteiger partial charge is 0.748 e.